The molecule has 0 bridgehead atoms. The minimum absolute atomic E-state index is 0.355. The van der Waals surface area contributed by atoms with E-state index in [-0.39, 0.29) is 0 Å². The first-order valence-corrected chi connectivity index (χ1v) is 5.53. The van der Waals surface area contributed by atoms with Gasteiger partial charge in [0.25, 0.3) is 0 Å². The lowest BCUT2D eigenvalue weighted by atomic mass is 9.87. The summed E-state index contributed by atoms with van der Waals surface area (Å²) in [5.41, 5.74) is 5.42. The first kappa shape index (κ1) is 8.22. The van der Waals surface area contributed by atoms with Gasteiger partial charge in [0.2, 0.25) is 0 Å². The van der Waals surface area contributed by atoms with Gasteiger partial charge in [-0.2, -0.15) is 0 Å². The van der Waals surface area contributed by atoms with Crippen molar-refractivity contribution >= 4 is 5.78 Å². The Bertz CT molecular complexity index is 404. The van der Waals surface area contributed by atoms with Gasteiger partial charge in [-0.05, 0) is 48.8 Å². The van der Waals surface area contributed by atoms with Gasteiger partial charge >= 0.3 is 0 Å². The lowest BCUT2D eigenvalue weighted by molar-refractivity contribution is 0.0994. The normalized spacial score (nSPS) is 19.3. The van der Waals surface area contributed by atoms with Crippen LogP contribution in [0.4, 0.5) is 0 Å². The lowest BCUT2D eigenvalue weighted by Crippen LogP contribution is -2.06. The molecule has 0 amide bonds. The molecule has 0 atom stereocenters. The lowest BCUT2D eigenvalue weighted by Gasteiger charge is -2.18. The van der Waals surface area contributed by atoms with E-state index in [4.69, 9.17) is 0 Å². The Morgan fingerprint density at radius 1 is 0.857 bits per heavy atom. The molecule has 0 fully saturated rings. The SMILES string of the molecule is O=C1CCc2c1ccc1c2CCCC1. The molecule has 3 rings (SSSR count). The summed E-state index contributed by atoms with van der Waals surface area (Å²) in [7, 11) is 0. The Morgan fingerprint density at radius 3 is 2.64 bits per heavy atom. The van der Waals surface area contributed by atoms with Crippen LogP contribution in [0.5, 0.6) is 0 Å². The van der Waals surface area contributed by atoms with E-state index in [1.165, 1.54) is 42.4 Å². The number of hydrogen-bond donors (Lipinski definition) is 0. The monoisotopic (exact) mass is 186 g/mol. The Hall–Kier alpha value is -1.11. The highest BCUT2D eigenvalue weighted by Gasteiger charge is 2.24. The third-order valence-electron chi connectivity index (χ3n) is 3.55. The van der Waals surface area contributed by atoms with Crippen LogP contribution in [0, 0.1) is 0 Å². The van der Waals surface area contributed by atoms with Crippen LogP contribution in [0.3, 0.4) is 0 Å². The van der Waals surface area contributed by atoms with Crippen LogP contribution >= 0.6 is 0 Å². The molecule has 0 spiro atoms. The van der Waals surface area contributed by atoms with Crippen molar-refractivity contribution in [1.29, 1.82) is 0 Å². The molecule has 0 radical (unpaired) electrons. The smallest absolute Gasteiger partial charge is 0.163 e. The van der Waals surface area contributed by atoms with Gasteiger partial charge in [-0.1, -0.05) is 12.1 Å². The average molecular weight is 186 g/mol. The van der Waals surface area contributed by atoms with Crippen LogP contribution in [0.25, 0.3) is 0 Å². The van der Waals surface area contributed by atoms with Gasteiger partial charge < -0.3 is 0 Å². The Morgan fingerprint density at radius 2 is 1.71 bits per heavy atom. The van der Waals surface area contributed by atoms with E-state index >= 15 is 0 Å². The molecule has 1 heteroatoms. The molecule has 0 unspecified atom stereocenters. The topological polar surface area (TPSA) is 17.1 Å². The van der Waals surface area contributed by atoms with Crippen molar-refractivity contribution in [2.24, 2.45) is 0 Å². The van der Waals surface area contributed by atoms with E-state index in [0.717, 1.165) is 18.4 Å². The van der Waals surface area contributed by atoms with E-state index in [1.807, 2.05) is 0 Å². The zero-order valence-electron chi connectivity index (χ0n) is 8.31. The fraction of sp³-hybridized carbons (Fsp3) is 0.462. The summed E-state index contributed by atoms with van der Waals surface area (Å²) < 4.78 is 0. The van der Waals surface area contributed by atoms with E-state index in [2.05, 4.69) is 12.1 Å². The van der Waals surface area contributed by atoms with Gasteiger partial charge in [0.15, 0.2) is 5.78 Å². The van der Waals surface area contributed by atoms with Crippen molar-refractivity contribution < 1.29 is 4.79 Å². The zero-order chi connectivity index (χ0) is 9.54. The van der Waals surface area contributed by atoms with Crippen LogP contribution < -0.4 is 0 Å². The Balaban J connectivity index is 2.20. The van der Waals surface area contributed by atoms with Crippen LogP contribution in [0.1, 0.15) is 46.3 Å². The van der Waals surface area contributed by atoms with Crippen molar-refractivity contribution in [3.05, 3.63) is 34.4 Å². The van der Waals surface area contributed by atoms with E-state index in [1.54, 1.807) is 0 Å². The van der Waals surface area contributed by atoms with Gasteiger partial charge in [0, 0.05) is 12.0 Å². The molecule has 1 aromatic carbocycles. The highest BCUT2D eigenvalue weighted by atomic mass is 16.1. The van der Waals surface area contributed by atoms with Crippen LogP contribution in [0.15, 0.2) is 12.1 Å². The quantitative estimate of drug-likeness (QED) is 0.609. The predicted octanol–water partition coefficient (Wildman–Crippen LogP) is 2.69. The highest BCUT2D eigenvalue weighted by Crippen LogP contribution is 2.32. The molecule has 1 nitrogen and oxygen atoms in total. The first-order chi connectivity index (χ1) is 6.86. The molecule has 0 aliphatic heterocycles. The van der Waals surface area contributed by atoms with Crippen molar-refractivity contribution in [2.75, 3.05) is 0 Å². The largest absolute Gasteiger partial charge is 0.294 e. The summed E-state index contributed by atoms with van der Waals surface area (Å²) in [5.74, 6) is 0.355. The Kier molecular flexibility index (Phi) is 1.73. The summed E-state index contributed by atoms with van der Waals surface area (Å²) in [6.07, 6.45) is 6.78. The molecule has 14 heavy (non-hydrogen) atoms. The fourth-order valence-electron chi connectivity index (χ4n) is 2.82. The van der Waals surface area contributed by atoms with Gasteiger partial charge in [-0.15, -0.1) is 0 Å². The maximum absolute atomic E-state index is 11.6. The summed E-state index contributed by atoms with van der Waals surface area (Å²) >= 11 is 0. The third kappa shape index (κ3) is 1.05. The molecule has 0 heterocycles. The number of Topliss-reactive ketones (excluding diaryl/α,β-unsaturated/α-hetero) is 1. The molecule has 0 aromatic heterocycles. The number of benzene rings is 1. The maximum Gasteiger partial charge on any atom is 0.163 e. The molecular weight excluding hydrogens is 172 g/mol. The van der Waals surface area contributed by atoms with Crippen LogP contribution in [-0.2, 0) is 19.3 Å². The summed E-state index contributed by atoms with van der Waals surface area (Å²) in [6.45, 7) is 0. The molecule has 0 saturated carbocycles. The molecule has 1 aromatic rings. The van der Waals surface area contributed by atoms with E-state index < -0.39 is 0 Å². The number of ketones is 1. The third-order valence-corrected chi connectivity index (χ3v) is 3.55. The van der Waals surface area contributed by atoms with Gasteiger partial charge in [0.1, 0.15) is 0 Å². The van der Waals surface area contributed by atoms with Gasteiger partial charge in [0.05, 0.1) is 0 Å². The predicted molar refractivity (Wildman–Crippen MR) is 55.7 cm³/mol. The van der Waals surface area contributed by atoms with Gasteiger partial charge in [-0.3, -0.25) is 4.79 Å². The number of aryl methyl sites for hydroxylation is 1. The number of carbonyl (C=O) groups excluding carboxylic acids is 1. The van der Waals surface area contributed by atoms with Crippen molar-refractivity contribution in [1.82, 2.24) is 0 Å². The van der Waals surface area contributed by atoms with E-state index in [9.17, 15) is 4.79 Å². The second-order valence-electron chi connectivity index (χ2n) is 4.36. The minimum Gasteiger partial charge on any atom is -0.294 e. The summed E-state index contributed by atoms with van der Waals surface area (Å²) in [4.78, 5) is 11.6. The zero-order valence-corrected chi connectivity index (χ0v) is 8.31. The number of fused-ring (bicyclic) bond motifs is 3. The Labute approximate surface area is 84.1 Å². The molecule has 72 valence electrons. The fourth-order valence-corrected chi connectivity index (χ4v) is 2.82. The number of hydrogen-bond acceptors (Lipinski definition) is 1. The second-order valence-corrected chi connectivity index (χ2v) is 4.36. The number of carbonyl (C=O) groups is 1. The summed E-state index contributed by atoms with van der Waals surface area (Å²) in [6, 6.07) is 4.23. The standard InChI is InChI=1S/C13H14O/c14-13-8-7-11-10-4-2-1-3-9(10)5-6-12(11)13/h5-6H,1-4,7-8H2. The minimum atomic E-state index is 0.355. The molecule has 0 N–H and O–H groups in total. The second kappa shape index (κ2) is 2.94. The van der Waals surface area contributed by atoms with Gasteiger partial charge in [-0.25, -0.2) is 0 Å². The number of rotatable bonds is 0. The average Bonchev–Trinajstić information content (AvgIpc) is 2.61. The first-order valence-electron chi connectivity index (χ1n) is 5.53. The molecule has 0 saturated heterocycles. The molecule has 2 aliphatic rings. The van der Waals surface area contributed by atoms with Crippen molar-refractivity contribution in [3.63, 3.8) is 0 Å². The molecular formula is C13H14O. The maximum atomic E-state index is 11.6. The molecule has 2 aliphatic carbocycles. The van der Waals surface area contributed by atoms with Crippen molar-refractivity contribution in [2.45, 2.75) is 38.5 Å². The van der Waals surface area contributed by atoms with Crippen LogP contribution in [-0.4, -0.2) is 5.78 Å². The van der Waals surface area contributed by atoms with Crippen molar-refractivity contribution in [3.8, 4) is 0 Å². The highest BCUT2D eigenvalue weighted by molar-refractivity contribution is 6.00. The summed E-state index contributed by atoms with van der Waals surface area (Å²) in [5, 5.41) is 0. The van der Waals surface area contributed by atoms with Crippen LogP contribution in [0.2, 0.25) is 0 Å². The van der Waals surface area contributed by atoms with E-state index in [0.29, 0.717) is 5.78 Å².